The lowest BCUT2D eigenvalue weighted by atomic mass is 10.0. The number of benzene rings is 1. The molecule has 6 heteroatoms. The standard InChI is InChI=1S/C36H63NO4Si/c1-35(2,3)41-34(38)37-33-31(28-26-29-32(33)39-7)27-24-22-20-18-16-14-12-10-11-13-15-17-19-21-23-25-30-40-42(8,9)36(4,5)6/h26,28-29H,10-23,25,30H2,1-9H3,(H,37,38). The largest absolute Gasteiger partial charge is 0.495 e. The van der Waals surface area contributed by atoms with Gasteiger partial charge in [0.25, 0.3) is 0 Å². The molecule has 0 aliphatic rings. The summed E-state index contributed by atoms with van der Waals surface area (Å²) in [7, 11) is 0.0221. The van der Waals surface area contributed by atoms with Gasteiger partial charge in [-0.3, -0.25) is 5.32 Å². The molecule has 0 bridgehead atoms. The first-order chi connectivity index (χ1) is 19.8. The normalized spacial score (nSPS) is 12.0. The van der Waals surface area contributed by atoms with Crippen LogP contribution in [0.3, 0.4) is 0 Å². The quantitative estimate of drug-likeness (QED) is 0.0973. The van der Waals surface area contributed by atoms with Gasteiger partial charge in [0.2, 0.25) is 0 Å². The number of hydrogen-bond acceptors (Lipinski definition) is 4. The van der Waals surface area contributed by atoms with E-state index in [1.54, 1.807) is 7.11 Å². The highest BCUT2D eigenvalue weighted by Gasteiger charge is 2.36. The highest BCUT2D eigenvalue weighted by atomic mass is 28.4. The van der Waals surface area contributed by atoms with Crippen LogP contribution in [0.2, 0.25) is 18.1 Å². The third-order valence-electron chi connectivity index (χ3n) is 8.06. The minimum atomic E-state index is -1.56. The Morgan fingerprint density at radius 1 is 0.786 bits per heavy atom. The molecule has 1 rings (SSSR count). The Balaban J connectivity index is 2.08. The number of amides is 1. The van der Waals surface area contributed by atoms with Gasteiger partial charge in [-0.1, -0.05) is 116 Å². The monoisotopic (exact) mass is 601 g/mol. The fourth-order valence-electron chi connectivity index (χ4n) is 4.48. The molecular weight excluding hydrogens is 538 g/mol. The van der Waals surface area contributed by atoms with Gasteiger partial charge in [0.05, 0.1) is 12.7 Å². The minimum absolute atomic E-state index is 0.317. The topological polar surface area (TPSA) is 56.8 Å². The number of anilines is 1. The van der Waals surface area contributed by atoms with E-state index in [9.17, 15) is 4.79 Å². The summed E-state index contributed by atoms with van der Waals surface area (Å²) in [6, 6.07) is 5.60. The molecule has 0 aliphatic carbocycles. The van der Waals surface area contributed by atoms with E-state index in [0.717, 1.165) is 25.0 Å². The van der Waals surface area contributed by atoms with Crippen LogP contribution in [-0.2, 0) is 9.16 Å². The second-order valence-electron chi connectivity index (χ2n) is 14.1. The molecule has 42 heavy (non-hydrogen) atoms. The summed E-state index contributed by atoms with van der Waals surface area (Å²) in [5.74, 6) is 7.06. The summed E-state index contributed by atoms with van der Waals surface area (Å²) in [4.78, 5) is 12.3. The fraction of sp³-hybridized carbons (Fsp3) is 0.750. The fourth-order valence-corrected chi connectivity index (χ4v) is 5.57. The van der Waals surface area contributed by atoms with Crippen LogP contribution in [0.4, 0.5) is 10.5 Å². The van der Waals surface area contributed by atoms with Crippen molar-refractivity contribution in [2.75, 3.05) is 19.0 Å². The number of methoxy groups -OCH3 is 1. The van der Waals surface area contributed by atoms with Crippen LogP contribution in [0.1, 0.15) is 143 Å². The number of carbonyl (C=O) groups excluding carboxylic acids is 1. The first kappa shape index (κ1) is 38.1. The molecule has 0 atom stereocenters. The van der Waals surface area contributed by atoms with E-state index in [2.05, 4.69) is 51.0 Å². The molecule has 240 valence electrons. The molecule has 0 unspecified atom stereocenters. The van der Waals surface area contributed by atoms with Gasteiger partial charge in [-0.2, -0.15) is 0 Å². The van der Waals surface area contributed by atoms with Crippen LogP contribution in [0, 0.1) is 11.8 Å². The highest BCUT2D eigenvalue weighted by Crippen LogP contribution is 2.36. The molecule has 5 nitrogen and oxygen atoms in total. The van der Waals surface area contributed by atoms with Gasteiger partial charge in [-0.05, 0) is 63.9 Å². The Morgan fingerprint density at radius 3 is 1.76 bits per heavy atom. The van der Waals surface area contributed by atoms with Gasteiger partial charge in [0, 0.05) is 13.0 Å². The first-order valence-corrected chi connectivity index (χ1v) is 19.5. The van der Waals surface area contributed by atoms with Crippen LogP contribution in [0.5, 0.6) is 5.75 Å². The predicted molar refractivity (Wildman–Crippen MR) is 182 cm³/mol. The molecule has 1 N–H and O–H groups in total. The second kappa shape index (κ2) is 20.1. The summed E-state index contributed by atoms with van der Waals surface area (Å²) in [6.45, 7) is 18.1. The van der Waals surface area contributed by atoms with Gasteiger partial charge >= 0.3 is 6.09 Å². The van der Waals surface area contributed by atoms with Crippen molar-refractivity contribution in [3.05, 3.63) is 23.8 Å². The molecular formula is C36H63NO4Si. The summed E-state index contributed by atoms with van der Waals surface area (Å²) in [5, 5.41) is 3.13. The maximum Gasteiger partial charge on any atom is 0.412 e. The van der Waals surface area contributed by atoms with Gasteiger partial charge in [-0.15, -0.1) is 0 Å². The molecule has 1 aromatic carbocycles. The van der Waals surface area contributed by atoms with Crippen LogP contribution in [0.15, 0.2) is 18.2 Å². The van der Waals surface area contributed by atoms with Crippen molar-refractivity contribution in [2.24, 2.45) is 0 Å². The van der Waals surface area contributed by atoms with Gasteiger partial charge in [-0.25, -0.2) is 4.79 Å². The number of carbonyl (C=O) groups is 1. The van der Waals surface area contributed by atoms with E-state index in [1.165, 1.54) is 83.5 Å². The third-order valence-corrected chi connectivity index (χ3v) is 12.6. The van der Waals surface area contributed by atoms with Crippen LogP contribution in [0.25, 0.3) is 0 Å². The third kappa shape index (κ3) is 17.2. The lowest BCUT2D eigenvalue weighted by Crippen LogP contribution is -2.40. The van der Waals surface area contributed by atoms with E-state index >= 15 is 0 Å². The average Bonchev–Trinajstić information content (AvgIpc) is 2.88. The SMILES string of the molecule is COc1cccc(C#CCCCCCCCCCCCCCCCCO[Si](C)(C)C(C)(C)C)c1NC(=O)OC(C)(C)C. The molecule has 0 saturated carbocycles. The Labute approximate surface area is 260 Å². The molecule has 0 saturated heterocycles. The van der Waals surface area contributed by atoms with Crippen LogP contribution < -0.4 is 10.1 Å². The molecule has 0 fully saturated rings. The number of para-hydroxylation sites is 1. The summed E-state index contributed by atoms with van der Waals surface area (Å²) in [6.07, 6.45) is 18.8. The zero-order valence-electron chi connectivity index (χ0n) is 28.7. The predicted octanol–water partition coefficient (Wildman–Crippen LogP) is 11.3. The van der Waals surface area contributed by atoms with Gasteiger partial charge in [0.1, 0.15) is 17.0 Å². The number of unbranched alkanes of at least 4 members (excludes halogenated alkanes) is 14. The molecule has 1 aromatic rings. The van der Waals surface area contributed by atoms with E-state index in [1.807, 2.05) is 39.0 Å². The van der Waals surface area contributed by atoms with Crippen molar-refractivity contribution < 1.29 is 18.7 Å². The maximum absolute atomic E-state index is 12.3. The van der Waals surface area contributed by atoms with Gasteiger partial charge in [0.15, 0.2) is 8.32 Å². The number of hydrogen-bond donors (Lipinski definition) is 1. The average molecular weight is 602 g/mol. The van der Waals surface area contributed by atoms with Crippen molar-refractivity contribution in [1.29, 1.82) is 0 Å². The van der Waals surface area contributed by atoms with Crippen molar-refractivity contribution >= 4 is 20.1 Å². The summed E-state index contributed by atoms with van der Waals surface area (Å²) in [5.41, 5.74) is 0.732. The molecule has 1 amide bonds. The van der Waals surface area contributed by atoms with E-state index in [4.69, 9.17) is 13.9 Å². The Morgan fingerprint density at radius 2 is 1.29 bits per heavy atom. The van der Waals surface area contributed by atoms with Crippen molar-refractivity contribution in [3.8, 4) is 17.6 Å². The second-order valence-corrected chi connectivity index (χ2v) is 18.9. The van der Waals surface area contributed by atoms with Crippen LogP contribution >= 0.6 is 0 Å². The van der Waals surface area contributed by atoms with Gasteiger partial charge < -0.3 is 13.9 Å². The number of ether oxygens (including phenoxy) is 2. The zero-order valence-corrected chi connectivity index (χ0v) is 29.7. The Kier molecular flexibility index (Phi) is 18.2. The molecule has 0 aliphatic heterocycles. The Bertz CT molecular complexity index is 950. The summed E-state index contributed by atoms with van der Waals surface area (Å²) < 4.78 is 17.1. The lowest BCUT2D eigenvalue weighted by molar-refractivity contribution is 0.0635. The molecule has 0 radical (unpaired) electrons. The maximum atomic E-state index is 12.3. The minimum Gasteiger partial charge on any atom is -0.495 e. The van der Waals surface area contributed by atoms with Crippen LogP contribution in [-0.4, -0.2) is 33.7 Å². The van der Waals surface area contributed by atoms with E-state index in [-0.39, 0.29) is 0 Å². The molecule has 0 spiro atoms. The molecule has 0 aromatic heterocycles. The van der Waals surface area contributed by atoms with E-state index < -0.39 is 20.0 Å². The Hall–Kier alpha value is -1.97. The highest BCUT2D eigenvalue weighted by molar-refractivity contribution is 6.74. The van der Waals surface area contributed by atoms with Crippen molar-refractivity contribution in [3.63, 3.8) is 0 Å². The first-order valence-electron chi connectivity index (χ1n) is 16.6. The smallest absolute Gasteiger partial charge is 0.412 e. The zero-order chi connectivity index (χ0) is 31.5. The van der Waals surface area contributed by atoms with E-state index in [0.29, 0.717) is 16.5 Å². The number of rotatable bonds is 19. The summed E-state index contributed by atoms with van der Waals surface area (Å²) >= 11 is 0. The molecule has 0 heterocycles. The number of nitrogens with one attached hydrogen (secondary N) is 1. The van der Waals surface area contributed by atoms with Crippen molar-refractivity contribution in [1.82, 2.24) is 0 Å². The van der Waals surface area contributed by atoms with Crippen molar-refractivity contribution in [2.45, 2.75) is 162 Å². The lowest BCUT2D eigenvalue weighted by Gasteiger charge is -2.36.